The van der Waals surface area contributed by atoms with Gasteiger partial charge in [0.2, 0.25) is 0 Å². The van der Waals surface area contributed by atoms with Gasteiger partial charge in [0.25, 0.3) is 0 Å². The van der Waals surface area contributed by atoms with E-state index >= 15 is 0 Å². The van der Waals surface area contributed by atoms with Crippen molar-refractivity contribution in [2.24, 2.45) is 0 Å². The van der Waals surface area contributed by atoms with E-state index in [4.69, 9.17) is 25.8 Å². The molecule has 7 nitrogen and oxygen atoms in total. The van der Waals surface area contributed by atoms with E-state index < -0.39 is 15.8 Å². The van der Waals surface area contributed by atoms with Crippen LogP contribution in [0.2, 0.25) is 5.02 Å². The van der Waals surface area contributed by atoms with Gasteiger partial charge >= 0.3 is 5.97 Å². The Morgan fingerprint density at radius 1 is 1.17 bits per heavy atom. The third kappa shape index (κ3) is 4.75. The molecule has 0 fully saturated rings. The Kier molecular flexibility index (Phi) is 6.64. The fraction of sp³-hybridized carbons (Fsp3) is 0.200. The first kappa shape index (κ1) is 22.1. The number of rotatable bonds is 7. The zero-order valence-electron chi connectivity index (χ0n) is 16.3. The molecule has 0 unspecified atom stereocenters. The van der Waals surface area contributed by atoms with Crippen LogP contribution < -0.4 is 9.47 Å². The van der Waals surface area contributed by atoms with Crippen molar-refractivity contribution >= 4 is 38.7 Å². The van der Waals surface area contributed by atoms with Crippen LogP contribution in [-0.4, -0.2) is 39.8 Å². The predicted octanol–water partition coefficient (Wildman–Crippen LogP) is 4.24. The molecule has 2 aromatic carbocycles. The molecule has 0 atom stereocenters. The number of para-hydroxylation sites is 1. The second-order valence-electron chi connectivity index (χ2n) is 6.18. The van der Waals surface area contributed by atoms with Gasteiger partial charge < -0.3 is 14.2 Å². The molecule has 158 valence electrons. The first-order valence-electron chi connectivity index (χ1n) is 8.57. The lowest BCUT2D eigenvalue weighted by molar-refractivity contribution is 0.0468. The summed E-state index contributed by atoms with van der Waals surface area (Å²) in [6, 6.07) is 9.44. The molecule has 0 N–H and O–H groups in total. The minimum absolute atomic E-state index is 0.0467. The van der Waals surface area contributed by atoms with Crippen LogP contribution in [0.25, 0.3) is 10.6 Å². The van der Waals surface area contributed by atoms with Gasteiger partial charge in [0.1, 0.15) is 11.6 Å². The molecule has 0 aliphatic rings. The van der Waals surface area contributed by atoms with Crippen LogP contribution in [-0.2, 0) is 21.2 Å². The molecular formula is C20H18ClNO6S2. The van der Waals surface area contributed by atoms with Gasteiger partial charge in [-0.25, -0.2) is 18.2 Å². The van der Waals surface area contributed by atoms with Crippen LogP contribution in [0.3, 0.4) is 0 Å². The van der Waals surface area contributed by atoms with Crippen molar-refractivity contribution in [2.75, 3.05) is 20.5 Å². The summed E-state index contributed by atoms with van der Waals surface area (Å²) in [5.41, 5.74) is 1.39. The summed E-state index contributed by atoms with van der Waals surface area (Å²) < 4.78 is 39.6. The molecular weight excluding hydrogens is 450 g/mol. The van der Waals surface area contributed by atoms with Crippen molar-refractivity contribution in [1.29, 1.82) is 0 Å². The van der Waals surface area contributed by atoms with Crippen molar-refractivity contribution < 1.29 is 27.4 Å². The summed E-state index contributed by atoms with van der Waals surface area (Å²) in [5.74, 6) is 0.472. The fourth-order valence-electron chi connectivity index (χ4n) is 2.69. The second kappa shape index (κ2) is 9.03. The SMILES string of the molecule is COc1cccc(-c2nc(COC(=O)c3ccc(Cl)c(S(C)(=O)=O)c3)cs2)c1OC. The van der Waals surface area contributed by atoms with Gasteiger partial charge in [-0.15, -0.1) is 11.3 Å². The Morgan fingerprint density at radius 3 is 2.60 bits per heavy atom. The molecule has 0 amide bonds. The van der Waals surface area contributed by atoms with E-state index in [0.29, 0.717) is 22.2 Å². The third-order valence-corrected chi connectivity index (χ3v) is 6.61. The molecule has 3 rings (SSSR count). The zero-order valence-corrected chi connectivity index (χ0v) is 18.7. The van der Waals surface area contributed by atoms with Gasteiger partial charge in [-0.1, -0.05) is 17.7 Å². The largest absolute Gasteiger partial charge is 0.493 e. The van der Waals surface area contributed by atoms with Gasteiger partial charge in [-0.05, 0) is 30.3 Å². The lowest BCUT2D eigenvalue weighted by Gasteiger charge is -2.10. The quantitative estimate of drug-likeness (QED) is 0.480. The highest BCUT2D eigenvalue weighted by Crippen LogP contribution is 2.39. The summed E-state index contributed by atoms with van der Waals surface area (Å²) in [5, 5.41) is 2.50. The summed E-state index contributed by atoms with van der Waals surface area (Å²) in [6.07, 6.45) is 1.02. The normalized spacial score (nSPS) is 11.2. The van der Waals surface area contributed by atoms with Crippen LogP contribution in [0.5, 0.6) is 11.5 Å². The van der Waals surface area contributed by atoms with Gasteiger partial charge in [-0.2, -0.15) is 0 Å². The Bertz CT molecular complexity index is 1190. The Morgan fingerprint density at radius 2 is 1.93 bits per heavy atom. The van der Waals surface area contributed by atoms with Crippen LogP contribution in [0, 0.1) is 0 Å². The fourth-order valence-corrected chi connectivity index (χ4v) is 4.82. The Hall–Kier alpha value is -2.62. The number of hydrogen-bond acceptors (Lipinski definition) is 8. The molecule has 1 aromatic heterocycles. The van der Waals surface area contributed by atoms with Crippen LogP contribution in [0.15, 0.2) is 46.7 Å². The van der Waals surface area contributed by atoms with Crippen molar-refractivity contribution in [1.82, 2.24) is 4.98 Å². The molecule has 0 aliphatic heterocycles. The highest BCUT2D eigenvalue weighted by atomic mass is 35.5. The Balaban J connectivity index is 1.76. The minimum atomic E-state index is -3.57. The topological polar surface area (TPSA) is 91.8 Å². The number of aromatic nitrogens is 1. The number of halogens is 1. The molecule has 30 heavy (non-hydrogen) atoms. The van der Waals surface area contributed by atoms with E-state index in [1.807, 2.05) is 12.1 Å². The minimum Gasteiger partial charge on any atom is -0.493 e. The highest BCUT2D eigenvalue weighted by molar-refractivity contribution is 7.90. The van der Waals surface area contributed by atoms with E-state index in [9.17, 15) is 13.2 Å². The maximum absolute atomic E-state index is 12.3. The molecule has 0 spiro atoms. The number of thiazole rings is 1. The number of hydrogen-bond donors (Lipinski definition) is 0. The van der Waals surface area contributed by atoms with Crippen molar-refractivity contribution in [2.45, 2.75) is 11.5 Å². The lowest BCUT2D eigenvalue weighted by atomic mass is 10.2. The molecule has 1 heterocycles. The number of benzene rings is 2. The molecule has 0 aliphatic carbocycles. The van der Waals surface area contributed by atoms with Gasteiger partial charge in [0, 0.05) is 11.6 Å². The standard InChI is InChI=1S/C20H18ClNO6S2/c1-26-16-6-4-5-14(18(16)27-2)19-22-13(11-29-19)10-28-20(23)12-7-8-15(21)17(9-12)30(3,24)25/h4-9,11H,10H2,1-3H3. The first-order valence-corrected chi connectivity index (χ1v) is 11.7. The van der Waals surface area contributed by atoms with Crippen molar-refractivity contribution in [3.63, 3.8) is 0 Å². The van der Waals surface area contributed by atoms with E-state index in [-0.39, 0.29) is 22.1 Å². The predicted molar refractivity (Wildman–Crippen MR) is 114 cm³/mol. The third-order valence-electron chi connectivity index (χ3n) is 4.10. The average molecular weight is 468 g/mol. The van der Waals surface area contributed by atoms with E-state index in [1.165, 1.54) is 29.5 Å². The maximum Gasteiger partial charge on any atom is 0.338 e. The van der Waals surface area contributed by atoms with E-state index in [1.54, 1.807) is 25.7 Å². The van der Waals surface area contributed by atoms with Gasteiger partial charge in [0.15, 0.2) is 21.3 Å². The number of carbonyl (C=O) groups is 1. The van der Waals surface area contributed by atoms with Crippen molar-refractivity contribution in [3.05, 3.63) is 58.1 Å². The average Bonchev–Trinajstić information content (AvgIpc) is 3.19. The maximum atomic E-state index is 12.3. The summed E-state index contributed by atoms with van der Waals surface area (Å²) >= 11 is 7.28. The van der Waals surface area contributed by atoms with Crippen LogP contribution in [0.1, 0.15) is 16.1 Å². The number of carbonyl (C=O) groups excluding carboxylic acids is 1. The monoisotopic (exact) mass is 467 g/mol. The van der Waals surface area contributed by atoms with Crippen LogP contribution >= 0.6 is 22.9 Å². The lowest BCUT2D eigenvalue weighted by Crippen LogP contribution is -2.07. The smallest absolute Gasteiger partial charge is 0.338 e. The Labute approximate surface area is 183 Å². The molecule has 0 radical (unpaired) electrons. The van der Waals surface area contributed by atoms with Crippen molar-refractivity contribution in [3.8, 4) is 22.1 Å². The number of nitrogens with zero attached hydrogens (tertiary/aromatic N) is 1. The number of esters is 1. The molecule has 0 saturated heterocycles. The van der Waals surface area contributed by atoms with Gasteiger partial charge in [-0.3, -0.25) is 0 Å². The van der Waals surface area contributed by atoms with E-state index in [2.05, 4.69) is 4.98 Å². The molecule has 3 aromatic rings. The zero-order chi connectivity index (χ0) is 21.9. The molecule has 0 bridgehead atoms. The number of sulfone groups is 1. The first-order chi connectivity index (χ1) is 14.2. The number of methoxy groups -OCH3 is 2. The highest BCUT2D eigenvalue weighted by Gasteiger charge is 2.18. The van der Waals surface area contributed by atoms with Crippen LogP contribution in [0.4, 0.5) is 0 Å². The van der Waals surface area contributed by atoms with Gasteiger partial charge in [0.05, 0.1) is 41.0 Å². The summed E-state index contributed by atoms with van der Waals surface area (Å²) in [6.45, 7) is -0.0710. The summed E-state index contributed by atoms with van der Waals surface area (Å²) in [4.78, 5) is 16.7. The van der Waals surface area contributed by atoms with E-state index in [0.717, 1.165) is 11.8 Å². The molecule has 10 heteroatoms. The molecule has 0 saturated carbocycles. The summed E-state index contributed by atoms with van der Waals surface area (Å²) in [7, 11) is -0.463. The number of ether oxygens (including phenoxy) is 3. The second-order valence-corrected chi connectivity index (χ2v) is 9.43.